The minimum absolute atomic E-state index is 0.317. The molecule has 2 heterocycles. The van der Waals surface area contributed by atoms with E-state index in [0.717, 1.165) is 47.7 Å². The number of rotatable bonds is 1. The number of nitrogens with two attached hydrogens (primary N) is 1. The van der Waals surface area contributed by atoms with Crippen LogP contribution in [0.15, 0.2) is 12.1 Å². The SMILES string of the molecule is NC1CCN(c2c(Cl)ccc3nsnc23)CC1. The molecule has 2 N–H and O–H groups in total. The van der Waals surface area contributed by atoms with Gasteiger partial charge in [-0.05, 0) is 25.0 Å². The van der Waals surface area contributed by atoms with Gasteiger partial charge in [0.25, 0.3) is 0 Å². The van der Waals surface area contributed by atoms with Crippen LogP contribution in [-0.2, 0) is 0 Å². The second kappa shape index (κ2) is 4.40. The van der Waals surface area contributed by atoms with Gasteiger partial charge in [0.1, 0.15) is 11.0 Å². The fourth-order valence-corrected chi connectivity index (χ4v) is 3.05. The third-order valence-electron chi connectivity index (χ3n) is 3.21. The summed E-state index contributed by atoms with van der Waals surface area (Å²) in [4.78, 5) is 2.27. The Morgan fingerprint density at radius 2 is 2.06 bits per heavy atom. The summed E-state index contributed by atoms with van der Waals surface area (Å²) < 4.78 is 8.60. The van der Waals surface area contributed by atoms with Crippen molar-refractivity contribution < 1.29 is 0 Å². The molecule has 0 saturated carbocycles. The molecule has 4 nitrogen and oxygen atoms in total. The predicted octanol–water partition coefficient (Wildman–Crippen LogP) is 2.27. The van der Waals surface area contributed by atoms with E-state index >= 15 is 0 Å². The molecule has 0 atom stereocenters. The Bertz CT molecular complexity index is 533. The van der Waals surface area contributed by atoms with Crippen LogP contribution in [-0.4, -0.2) is 27.9 Å². The van der Waals surface area contributed by atoms with Crippen molar-refractivity contribution in [1.29, 1.82) is 0 Å². The van der Waals surface area contributed by atoms with Crippen LogP contribution < -0.4 is 10.6 Å². The van der Waals surface area contributed by atoms with Crippen molar-refractivity contribution >= 4 is 40.0 Å². The van der Waals surface area contributed by atoms with Gasteiger partial charge in [-0.2, -0.15) is 8.75 Å². The van der Waals surface area contributed by atoms with Crippen molar-refractivity contribution in [3.8, 4) is 0 Å². The van der Waals surface area contributed by atoms with Gasteiger partial charge in [-0.25, -0.2) is 0 Å². The molecule has 0 spiro atoms. The second-order valence-corrected chi connectivity index (χ2v) is 5.29. The largest absolute Gasteiger partial charge is 0.368 e. The van der Waals surface area contributed by atoms with Gasteiger partial charge >= 0.3 is 0 Å². The molecule has 1 aromatic heterocycles. The van der Waals surface area contributed by atoms with Crippen LogP contribution in [0, 0.1) is 0 Å². The molecule has 1 saturated heterocycles. The summed E-state index contributed by atoms with van der Waals surface area (Å²) in [5.41, 5.74) is 8.77. The number of anilines is 1. The first-order valence-electron chi connectivity index (χ1n) is 5.67. The molecule has 0 radical (unpaired) electrons. The predicted molar refractivity (Wildman–Crippen MR) is 71.8 cm³/mol. The van der Waals surface area contributed by atoms with Crippen molar-refractivity contribution in [3.63, 3.8) is 0 Å². The smallest absolute Gasteiger partial charge is 0.129 e. The first-order valence-corrected chi connectivity index (χ1v) is 6.78. The monoisotopic (exact) mass is 268 g/mol. The van der Waals surface area contributed by atoms with Gasteiger partial charge in [-0.15, -0.1) is 0 Å². The van der Waals surface area contributed by atoms with Gasteiger partial charge in [-0.3, -0.25) is 0 Å². The van der Waals surface area contributed by atoms with E-state index in [2.05, 4.69) is 13.6 Å². The Kier molecular flexibility index (Phi) is 2.90. The van der Waals surface area contributed by atoms with Gasteiger partial charge in [0.05, 0.1) is 22.4 Å². The zero-order chi connectivity index (χ0) is 11.8. The molecule has 0 bridgehead atoms. The van der Waals surface area contributed by atoms with Gasteiger partial charge in [0.2, 0.25) is 0 Å². The molecule has 1 aromatic carbocycles. The highest BCUT2D eigenvalue weighted by atomic mass is 35.5. The molecular weight excluding hydrogens is 256 g/mol. The standard InChI is InChI=1S/C11H13ClN4S/c12-8-1-2-9-10(15-17-14-9)11(8)16-5-3-7(13)4-6-16/h1-2,7H,3-6,13H2. The summed E-state index contributed by atoms with van der Waals surface area (Å²) in [5, 5.41) is 0.751. The normalized spacial score (nSPS) is 17.9. The summed E-state index contributed by atoms with van der Waals surface area (Å²) in [6.07, 6.45) is 2.01. The highest BCUT2D eigenvalue weighted by Gasteiger charge is 2.21. The second-order valence-electron chi connectivity index (χ2n) is 4.35. The van der Waals surface area contributed by atoms with E-state index in [9.17, 15) is 0 Å². The third-order valence-corrected chi connectivity index (χ3v) is 4.06. The Morgan fingerprint density at radius 3 is 2.82 bits per heavy atom. The van der Waals surface area contributed by atoms with Gasteiger partial charge in [0, 0.05) is 19.1 Å². The van der Waals surface area contributed by atoms with E-state index < -0.39 is 0 Å². The van der Waals surface area contributed by atoms with Crippen molar-refractivity contribution in [2.75, 3.05) is 18.0 Å². The number of nitrogens with zero attached hydrogens (tertiary/aromatic N) is 3. The molecule has 0 unspecified atom stereocenters. The van der Waals surface area contributed by atoms with Crippen LogP contribution >= 0.6 is 23.3 Å². The Morgan fingerprint density at radius 1 is 1.29 bits per heavy atom. The lowest BCUT2D eigenvalue weighted by atomic mass is 10.1. The molecule has 0 aliphatic carbocycles. The summed E-state index contributed by atoms with van der Waals surface area (Å²) in [6.45, 7) is 1.88. The number of hydrogen-bond donors (Lipinski definition) is 1. The van der Waals surface area contributed by atoms with E-state index in [1.54, 1.807) is 0 Å². The van der Waals surface area contributed by atoms with Crippen LogP contribution in [0.5, 0.6) is 0 Å². The molecule has 0 amide bonds. The lowest BCUT2D eigenvalue weighted by Gasteiger charge is -2.32. The Labute approximate surface area is 109 Å². The van der Waals surface area contributed by atoms with E-state index in [1.807, 2.05) is 12.1 Å². The summed E-state index contributed by atoms with van der Waals surface area (Å²) in [6, 6.07) is 4.13. The molecule has 1 aliphatic heterocycles. The number of piperidine rings is 1. The molecular formula is C11H13ClN4S. The van der Waals surface area contributed by atoms with Gasteiger partial charge < -0.3 is 10.6 Å². The van der Waals surface area contributed by atoms with Crippen LogP contribution in [0.1, 0.15) is 12.8 Å². The third kappa shape index (κ3) is 1.99. The molecule has 1 aliphatic rings. The number of aromatic nitrogens is 2. The van der Waals surface area contributed by atoms with Crippen molar-refractivity contribution in [3.05, 3.63) is 17.2 Å². The quantitative estimate of drug-likeness (QED) is 0.862. The number of benzene rings is 1. The lowest BCUT2D eigenvalue weighted by molar-refractivity contribution is 0.502. The fourth-order valence-electron chi connectivity index (χ4n) is 2.24. The molecule has 90 valence electrons. The first-order chi connectivity index (χ1) is 8.25. The van der Waals surface area contributed by atoms with Crippen LogP contribution in [0.2, 0.25) is 5.02 Å². The lowest BCUT2D eigenvalue weighted by Crippen LogP contribution is -2.39. The minimum Gasteiger partial charge on any atom is -0.368 e. The average molecular weight is 269 g/mol. The Hall–Kier alpha value is -0.910. The average Bonchev–Trinajstić information content (AvgIpc) is 2.79. The van der Waals surface area contributed by atoms with Crippen LogP contribution in [0.3, 0.4) is 0 Å². The van der Waals surface area contributed by atoms with E-state index in [1.165, 1.54) is 11.7 Å². The van der Waals surface area contributed by atoms with Crippen molar-refractivity contribution in [2.24, 2.45) is 5.73 Å². The van der Waals surface area contributed by atoms with Crippen LogP contribution in [0.25, 0.3) is 11.0 Å². The first kappa shape index (κ1) is 11.2. The maximum absolute atomic E-state index is 6.29. The van der Waals surface area contributed by atoms with E-state index in [4.69, 9.17) is 17.3 Å². The summed E-state index contributed by atoms with van der Waals surface area (Å²) in [5.74, 6) is 0. The molecule has 6 heteroatoms. The molecule has 3 rings (SSSR count). The molecule has 1 fully saturated rings. The zero-order valence-corrected chi connectivity index (χ0v) is 10.8. The topological polar surface area (TPSA) is 55.0 Å². The maximum Gasteiger partial charge on any atom is 0.129 e. The summed E-state index contributed by atoms with van der Waals surface area (Å²) in [7, 11) is 0. The number of fused-ring (bicyclic) bond motifs is 1. The van der Waals surface area contributed by atoms with Gasteiger partial charge in [-0.1, -0.05) is 11.6 Å². The zero-order valence-electron chi connectivity index (χ0n) is 9.27. The number of halogens is 1. The minimum atomic E-state index is 0.317. The fraction of sp³-hybridized carbons (Fsp3) is 0.455. The van der Waals surface area contributed by atoms with Crippen molar-refractivity contribution in [1.82, 2.24) is 8.75 Å². The molecule has 2 aromatic rings. The van der Waals surface area contributed by atoms with E-state index in [-0.39, 0.29) is 0 Å². The summed E-state index contributed by atoms with van der Waals surface area (Å²) >= 11 is 7.52. The number of hydrogen-bond acceptors (Lipinski definition) is 5. The van der Waals surface area contributed by atoms with Crippen LogP contribution in [0.4, 0.5) is 5.69 Å². The van der Waals surface area contributed by atoms with E-state index in [0.29, 0.717) is 6.04 Å². The van der Waals surface area contributed by atoms with Gasteiger partial charge in [0.15, 0.2) is 0 Å². The maximum atomic E-state index is 6.29. The Balaban J connectivity index is 2.03. The highest BCUT2D eigenvalue weighted by Crippen LogP contribution is 2.34. The highest BCUT2D eigenvalue weighted by molar-refractivity contribution is 7.00. The molecule has 17 heavy (non-hydrogen) atoms. The van der Waals surface area contributed by atoms with Crippen molar-refractivity contribution in [2.45, 2.75) is 18.9 Å².